The highest BCUT2D eigenvalue weighted by atomic mass is 79.9. The summed E-state index contributed by atoms with van der Waals surface area (Å²) in [7, 11) is 1.79. The maximum absolute atomic E-state index is 12.0. The van der Waals surface area contributed by atoms with Crippen molar-refractivity contribution in [3.63, 3.8) is 0 Å². The molecule has 2 atom stereocenters. The van der Waals surface area contributed by atoms with E-state index >= 15 is 0 Å². The lowest BCUT2D eigenvalue weighted by molar-refractivity contribution is 0.847. The van der Waals surface area contributed by atoms with Gasteiger partial charge in [-0.05, 0) is 75.4 Å². The van der Waals surface area contributed by atoms with Crippen LogP contribution in [0.1, 0.15) is 53.8 Å². The first kappa shape index (κ1) is 29.3. The Labute approximate surface area is 265 Å². The van der Waals surface area contributed by atoms with E-state index in [9.17, 15) is 4.79 Å². The second kappa shape index (κ2) is 12.5. The lowest BCUT2D eigenvalue weighted by Crippen LogP contribution is -2.18. The van der Waals surface area contributed by atoms with Crippen LogP contribution in [-0.2, 0) is 7.05 Å². The summed E-state index contributed by atoms with van der Waals surface area (Å²) in [4.78, 5) is 21.0. The van der Waals surface area contributed by atoms with Crippen LogP contribution in [0.25, 0.3) is 22.4 Å². The summed E-state index contributed by atoms with van der Waals surface area (Å²) < 4.78 is 6.99. The molecule has 0 bridgehead atoms. The monoisotopic (exact) mass is 643 g/mol. The smallest absolute Gasteiger partial charge is 0.253 e. The molecular formula is C37H34BrN5O. The van der Waals surface area contributed by atoms with Crippen LogP contribution in [0.5, 0.6) is 0 Å². The number of pyridine rings is 3. The summed E-state index contributed by atoms with van der Waals surface area (Å²) >= 11 is 3.51. The molecule has 0 saturated carbocycles. The van der Waals surface area contributed by atoms with E-state index in [0.717, 1.165) is 38.2 Å². The van der Waals surface area contributed by atoms with Crippen molar-refractivity contribution >= 4 is 27.2 Å². The maximum Gasteiger partial charge on any atom is 0.253 e. The van der Waals surface area contributed by atoms with E-state index in [0.29, 0.717) is 5.92 Å². The number of nitrogens with zero attached hydrogens (tertiary/aromatic N) is 5. The first-order valence-corrected chi connectivity index (χ1v) is 15.5. The van der Waals surface area contributed by atoms with Gasteiger partial charge in [0, 0.05) is 71.3 Å². The molecule has 220 valence electrons. The van der Waals surface area contributed by atoms with E-state index in [1.165, 1.54) is 16.8 Å². The topological polar surface area (TPSA) is 56.6 Å². The van der Waals surface area contributed by atoms with Crippen molar-refractivity contribution in [3.8, 4) is 11.1 Å². The summed E-state index contributed by atoms with van der Waals surface area (Å²) in [5.74, 6) is 0.568. The van der Waals surface area contributed by atoms with Crippen LogP contribution in [0.4, 0.5) is 0 Å². The van der Waals surface area contributed by atoms with Gasteiger partial charge in [-0.15, -0.1) is 0 Å². The molecule has 5 aromatic heterocycles. The Balaban J connectivity index is 0.000000167. The largest absolute Gasteiger partial charge is 0.318 e. The summed E-state index contributed by atoms with van der Waals surface area (Å²) in [6, 6.07) is 31.0. The molecule has 7 aromatic rings. The van der Waals surface area contributed by atoms with Crippen LogP contribution in [0.15, 0.2) is 131 Å². The summed E-state index contributed by atoms with van der Waals surface area (Å²) in [6.07, 6.45) is 9.96. The Bertz CT molecular complexity index is 2090. The van der Waals surface area contributed by atoms with Gasteiger partial charge in [-0.1, -0.05) is 74.5 Å². The number of hydrogen-bond donors (Lipinski definition) is 0. The van der Waals surface area contributed by atoms with Crippen LogP contribution in [0.2, 0.25) is 0 Å². The molecule has 0 saturated heterocycles. The molecule has 2 unspecified atom stereocenters. The van der Waals surface area contributed by atoms with Crippen molar-refractivity contribution in [3.05, 3.63) is 165 Å². The quantitative estimate of drug-likeness (QED) is 0.189. The van der Waals surface area contributed by atoms with Crippen LogP contribution >= 0.6 is 15.9 Å². The predicted molar refractivity (Wildman–Crippen MR) is 181 cm³/mol. The van der Waals surface area contributed by atoms with E-state index in [1.54, 1.807) is 11.6 Å². The standard InChI is InChI=1S/C22H21N3O.C15H13BrN2/c1-15-11-19(13-24(3)22(15)26)18-9-10-21-23-12-20(25(21)14-18)16(2)17-7-5-4-6-8-17;1-11(12-5-3-2-4-6-12)14-9-17-15-8-7-13(16)10-18(14)15/h4-14,16H,1-3H3;2-11H,1H3. The molecule has 0 fully saturated rings. The SMILES string of the molecule is CC(c1ccccc1)c1cnc2ccc(Br)cn12.Cc1cc(-c2ccc3ncc(C(C)c4ccccc4)n3c2)cn(C)c1=O. The van der Waals surface area contributed by atoms with Crippen molar-refractivity contribution in [2.24, 2.45) is 7.05 Å². The first-order valence-electron chi connectivity index (χ1n) is 14.7. The zero-order valence-electron chi connectivity index (χ0n) is 25.2. The predicted octanol–water partition coefficient (Wildman–Crippen LogP) is 8.41. The lowest BCUT2D eigenvalue weighted by atomic mass is 9.98. The van der Waals surface area contributed by atoms with Crippen LogP contribution in [0.3, 0.4) is 0 Å². The molecule has 6 nitrogen and oxygen atoms in total. The number of imidazole rings is 2. The number of aryl methyl sites for hydroxylation is 2. The van der Waals surface area contributed by atoms with Gasteiger partial charge in [0.15, 0.2) is 0 Å². The van der Waals surface area contributed by atoms with Gasteiger partial charge in [0.2, 0.25) is 0 Å². The number of halogens is 1. The van der Waals surface area contributed by atoms with Crippen molar-refractivity contribution < 1.29 is 0 Å². The highest BCUT2D eigenvalue weighted by Crippen LogP contribution is 2.28. The van der Waals surface area contributed by atoms with E-state index in [4.69, 9.17) is 0 Å². The van der Waals surface area contributed by atoms with Crippen molar-refractivity contribution in [1.82, 2.24) is 23.3 Å². The van der Waals surface area contributed by atoms with Crippen molar-refractivity contribution in [1.29, 1.82) is 0 Å². The van der Waals surface area contributed by atoms with E-state index in [1.807, 2.05) is 61.9 Å². The minimum atomic E-state index is 0.0378. The van der Waals surface area contributed by atoms with Gasteiger partial charge in [-0.3, -0.25) is 4.79 Å². The minimum Gasteiger partial charge on any atom is -0.318 e. The van der Waals surface area contributed by atoms with Crippen molar-refractivity contribution in [2.75, 3.05) is 0 Å². The number of fused-ring (bicyclic) bond motifs is 2. The average molecular weight is 645 g/mol. The Morgan fingerprint density at radius 1 is 0.659 bits per heavy atom. The van der Waals surface area contributed by atoms with E-state index in [2.05, 4.69) is 116 Å². The van der Waals surface area contributed by atoms with E-state index < -0.39 is 0 Å². The summed E-state index contributed by atoms with van der Waals surface area (Å²) in [5, 5.41) is 0. The summed E-state index contributed by atoms with van der Waals surface area (Å²) in [5.41, 5.74) is 9.70. The fraction of sp³-hybridized carbons (Fsp3) is 0.162. The molecule has 0 spiro atoms. The molecular weight excluding hydrogens is 610 g/mol. The molecule has 0 N–H and O–H groups in total. The normalized spacial score (nSPS) is 12.6. The molecule has 0 aliphatic heterocycles. The maximum atomic E-state index is 12.0. The third-order valence-corrected chi connectivity index (χ3v) is 8.68. The third-order valence-electron chi connectivity index (χ3n) is 8.21. The fourth-order valence-corrected chi connectivity index (χ4v) is 5.98. The van der Waals surface area contributed by atoms with Crippen LogP contribution in [0, 0.1) is 6.92 Å². The lowest BCUT2D eigenvalue weighted by Gasteiger charge is -2.13. The Hall–Kier alpha value is -4.75. The zero-order valence-corrected chi connectivity index (χ0v) is 26.8. The van der Waals surface area contributed by atoms with Crippen LogP contribution in [-0.4, -0.2) is 23.3 Å². The molecule has 0 aliphatic carbocycles. The molecule has 0 aliphatic rings. The number of aromatic nitrogens is 5. The van der Waals surface area contributed by atoms with Gasteiger partial charge in [-0.2, -0.15) is 0 Å². The number of benzene rings is 2. The molecule has 44 heavy (non-hydrogen) atoms. The van der Waals surface area contributed by atoms with E-state index in [-0.39, 0.29) is 11.5 Å². The van der Waals surface area contributed by atoms with Gasteiger partial charge in [-0.25, -0.2) is 9.97 Å². The van der Waals surface area contributed by atoms with Gasteiger partial charge in [0.25, 0.3) is 5.56 Å². The average Bonchev–Trinajstić information content (AvgIpc) is 3.67. The van der Waals surface area contributed by atoms with Gasteiger partial charge in [0.1, 0.15) is 11.3 Å². The molecule has 2 aromatic carbocycles. The second-order valence-corrected chi connectivity index (χ2v) is 12.1. The third kappa shape index (κ3) is 5.88. The Morgan fingerprint density at radius 2 is 1.18 bits per heavy atom. The molecule has 0 radical (unpaired) electrons. The molecule has 7 rings (SSSR count). The van der Waals surface area contributed by atoms with Gasteiger partial charge < -0.3 is 13.4 Å². The zero-order chi connectivity index (χ0) is 30.8. The molecule has 5 heterocycles. The van der Waals surface area contributed by atoms with Crippen molar-refractivity contribution in [2.45, 2.75) is 32.6 Å². The number of rotatable bonds is 5. The summed E-state index contributed by atoms with van der Waals surface area (Å²) in [6.45, 7) is 6.26. The first-order chi connectivity index (χ1) is 21.3. The highest BCUT2D eigenvalue weighted by molar-refractivity contribution is 9.10. The highest BCUT2D eigenvalue weighted by Gasteiger charge is 2.15. The Morgan fingerprint density at radius 3 is 1.73 bits per heavy atom. The minimum absolute atomic E-state index is 0.0378. The van der Waals surface area contributed by atoms with Gasteiger partial charge in [0.05, 0.1) is 0 Å². The van der Waals surface area contributed by atoms with Gasteiger partial charge >= 0.3 is 0 Å². The molecule has 0 amide bonds. The number of hydrogen-bond acceptors (Lipinski definition) is 3. The van der Waals surface area contributed by atoms with Crippen LogP contribution < -0.4 is 5.56 Å². The fourth-order valence-electron chi connectivity index (χ4n) is 5.64. The molecule has 7 heteroatoms. The second-order valence-electron chi connectivity index (χ2n) is 11.2. The Kier molecular flexibility index (Phi) is 8.31.